The molecule has 3 aliphatic heterocycles. The van der Waals surface area contributed by atoms with Gasteiger partial charge in [0.2, 0.25) is 5.91 Å². The van der Waals surface area contributed by atoms with Gasteiger partial charge in [0.1, 0.15) is 36.6 Å². The van der Waals surface area contributed by atoms with Gasteiger partial charge in [-0.05, 0) is 40.8 Å². The highest BCUT2D eigenvalue weighted by atomic mass is 19.1. The first-order chi connectivity index (χ1) is 23.1. The van der Waals surface area contributed by atoms with Crippen LogP contribution in [0.5, 0.6) is 11.8 Å². The monoisotopic (exact) mass is 667 g/mol. The van der Waals surface area contributed by atoms with E-state index in [1.807, 2.05) is 17.0 Å². The van der Waals surface area contributed by atoms with Gasteiger partial charge in [0.05, 0.1) is 37.6 Å². The van der Waals surface area contributed by atoms with E-state index in [0.29, 0.717) is 49.8 Å². The van der Waals surface area contributed by atoms with Crippen molar-refractivity contribution >= 4 is 35.1 Å². The smallest absolute Gasteiger partial charge is 0.414 e. The van der Waals surface area contributed by atoms with Gasteiger partial charge < -0.3 is 44.2 Å². The Morgan fingerprint density at radius 1 is 1.12 bits per heavy atom. The Kier molecular flexibility index (Phi) is 9.56. The van der Waals surface area contributed by atoms with E-state index >= 15 is 4.39 Å². The number of ether oxygens (including phenoxy) is 4. The third-order valence-corrected chi connectivity index (χ3v) is 8.15. The molecule has 4 heterocycles. The van der Waals surface area contributed by atoms with Gasteiger partial charge in [0.25, 0.3) is 5.91 Å². The first-order valence-electron chi connectivity index (χ1n) is 15.4. The summed E-state index contributed by atoms with van der Waals surface area (Å²) in [6.45, 7) is 4.13. The van der Waals surface area contributed by atoms with Gasteiger partial charge in [0.15, 0.2) is 6.61 Å². The minimum absolute atomic E-state index is 0.146. The molecule has 17 heteroatoms. The number of hydrogen-bond acceptors (Lipinski definition) is 11. The largest absolute Gasteiger partial charge is 0.484 e. The summed E-state index contributed by atoms with van der Waals surface area (Å²) in [6.07, 6.45) is -0.106. The zero-order valence-electron chi connectivity index (χ0n) is 26.1. The zero-order chi connectivity index (χ0) is 33.8. The molecule has 1 unspecified atom stereocenters. The zero-order valence-corrected chi connectivity index (χ0v) is 26.1. The highest BCUT2D eigenvalue weighted by molar-refractivity contribution is 5.90. The van der Waals surface area contributed by atoms with Crippen LogP contribution in [0.2, 0.25) is 0 Å². The van der Waals surface area contributed by atoms with Crippen LogP contribution in [-0.2, 0) is 32.2 Å². The van der Waals surface area contributed by atoms with E-state index in [1.165, 1.54) is 24.1 Å². The molecule has 2 atom stereocenters. The number of aromatic nitrogens is 2. The topological polar surface area (TPSA) is 171 Å². The number of hydrogen-bond donors (Lipinski definition) is 1. The predicted octanol–water partition coefficient (Wildman–Crippen LogP) is 2.10. The molecular weight excluding hydrogens is 633 g/mol. The highest BCUT2D eigenvalue weighted by Gasteiger charge is 2.33. The van der Waals surface area contributed by atoms with Crippen molar-refractivity contribution in [3.05, 3.63) is 70.2 Å². The summed E-state index contributed by atoms with van der Waals surface area (Å²) >= 11 is 0. The molecule has 0 saturated carbocycles. The van der Waals surface area contributed by atoms with Crippen molar-refractivity contribution in [2.45, 2.75) is 32.3 Å². The van der Waals surface area contributed by atoms with Crippen LogP contribution in [-0.4, -0.2) is 102 Å². The summed E-state index contributed by atoms with van der Waals surface area (Å²) in [6, 6.07) is 11.9. The van der Waals surface area contributed by atoms with E-state index in [-0.39, 0.29) is 62.7 Å². The van der Waals surface area contributed by atoms with Crippen LogP contribution in [0.15, 0.2) is 48.7 Å². The summed E-state index contributed by atoms with van der Waals surface area (Å²) in [5.41, 5.74) is 1.61. The number of amides is 3. The number of piperazine rings is 1. The van der Waals surface area contributed by atoms with Gasteiger partial charge in [-0.3, -0.25) is 19.1 Å². The van der Waals surface area contributed by atoms with Crippen LogP contribution in [0.4, 0.5) is 26.4 Å². The summed E-state index contributed by atoms with van der Waals surface area (Å²) in [4.78, 5) is 55.3. The number of carbonyl (C=O) groups is 3. The lowest BCUT2D eigenvalue weighted by molar-refractivity contribution is -0.389. The molecule has 6 rings (SSSR count). The molecule has 254 valence electrons. The fourth-order valence-electron chi connectivity index (χ4n) is 5.61. The van der Waals surface area contributed by atoms with Crippen molar-refractivity contribution < 1.29 is 42.6 Å². The fraction of sp³-hybridized carbons (Fsp3) is 0.419. The van der Waals surface area contributed by atoms with Crippen molar-refractivity contribution in [2.75, 3.05) is 62.3 Å². The van der Waals surface area contributed by atoms with Gasteiger partial charge in [0, 0.05) is 38.1 Å². The van der Waals surface area contributed by atoms with Crippen molar-refractivity contribution in [3.8, 4) is 11.8 Å². The normalized spacial score (nSPS) is 19.0. The number of rotatable bonds is 11. The lowest BCUT2D eigenvalue weighted by Gasteiger charge is -2.36. The van der Waals surface area contributed by atoms with E-state index in [0.717, 1.165) is 5.56 Å². The molecule has 1 N–H and O–H groups in total. The van der Waals surface area contributed by atoms with Crippen LogP contribution in [0.25, 0.3) is 0 Å². The van der Waals surface area contributed by atoms with Crippen LogP contribution in [0, 0.1) is 15.9 Å². The van der Waals surface area contributed by atoms with Gasteiger partial charge >= 0.3 is 17.9 Å². The molecule has 0 radical (unpaired) electrons. The summed E-state index contributed by atoms with van der Waals surface area (Å²) in [7, 11) is 0. The minimum atomic E-state index is -0.602. The Balaban J connectivity index is 0.923. The summed E-state index contributed by atoms with van der Waals surface area (Å²) < 4.78 is 39.1. The van der Waals surface area contributed by atoms with Crippen molar-refractivity contribution in [1.29, 1.82) is 0 Å². The predicted molar refractivity (Wildman–Crippen MR) is 166 cm³/mol. The lowest BCUT2D eigenvalue weighted by atomic mass is 10.2. The molecule has 1 aromatic heterocycles. The molecule has 48 heavy (non-hydrogen) atoms. The number of nitrogens with one attached hydrogen (secondary N) is 1. The number of nitro groups is 1. The van der Waals surface area contributed by atoms with Crippen molar-refractivity contribution in [2.24, 2.45) is 0 Å². The first-order valence-corrected chi connectivity index (χ1v) is 15.4. The second-order valence-electron chi connectivity index (χ2n) is 11.5. The van der Waals surface area contributed by atoms with E-state index < -0.39 is 22.9 Å². The molecule has 3 aromatic rings. The number of halogens is 1. The van der Waals surface area contributed by atoms with E-state index in [1.54, 1.807) is 33.7 Å². The summed E-state index contributed by atoms with van der Waals surface area (Å²) in [5, 5.41) is 13.5. The summed E-state index contributed by atoms with van der Waals surface area (Å²) in [5.74, 6) is -0.661. The van der Waals surface area contributed by atoms with Gasteiger partial charge in [-0.1, -0.05) is 12.1 Å². The van der Waals surface area contributed by atoms with Crippen molar-refractivity contribution in [1.82, 2.24) is 19.8 Å². The van der Waals surface area contributed by atoms with E-state index in [2.05, 4.69) is 10.3 Å². The average molecular weight is 668 g/mol. The second kappa shape index (κ2) is 14.1. The van der Waals surface area contributed by atoms with Gasteiger partial charge in [-0.25, -0.2) is 9.18 Å². The van der Waals surface area contributed by atoms with Crippen LogP contribution >= 0.6 is 0 Å². The first kappa shape index (κ1) is 32.5. The molecule has 0 bridgehead atoms. The molecule has 2 fully saturated rings. The minimum Gasteiger partial charge on any atom is -0.484 e. The number of carbonyl (C=O) groups excluding carboxylic acids is 3. The third-order valence-electron chi connectivity index (χ3n) is 8.15. The molecular formula is C31H34FN7O9. The number of fused-ring (bicyclic) bond motifs is 1. The highest BCUT2D eigenvalue weighted by Crippen LogP contribution is 2.29. The third kappa shape index (κ3) is 7.57. The Morgan fingerprint density at radius 3 is 2.60 bits per heavy atom. The second-order valence-corrected chi connectivity index (χ2v) is 11.5. The maximum Gasteiger partial charge on any atom is 0.414 e. The van der Waals surface area contributed by atoms with E-state index in [9.17, 15) is 24.5 Å². The molecule has 2 aromatic carbocycles. The molecule has 16 nitrogen and oxygen atoms in total. The maximum absolute atomic E-state index is 15.2. The molecule has 3 aliphatic rings. The Labute approximate surface area is 274 Å². The lowest BCUT2D eigenvalue weighted by Crippen LogP contribution is -2.50. The molecule has 3 amide bonds. The average Bonchev–Trinajstić information content (AvgIpc) is 3.69. The molecule has 2 saturated heterocycles. The van der Waals surface area contributed by atoms with Gasteiger partial charge in [-0.2, -0.15) is 0 Å². The van der Waals surface area contributed by atoms with Crippen LogP contribution in [0.3, 0.4) is 0 Å². The number of anilines is 2. The molecule has 0 aliphatic carbocycles. The number of imidazole rings is 1. The van der Waals surface area contributed by atoms with Crippen molar-refractivity contribution in [3.63, 3.8) is 0 Å². The Bertz CT molecular complexity index is 1680. The molecule has 0 spiro atoms. The maximum atomic E-state index is 15.2. The Morgan fingerprint density at radius 2 is 1.90 bits per heavy atom. The standard InChI is InChI=1S/C31H34FN7O9/c1-20(40)33-13-24-15-38(31(42)48-24)22-4-7-27(26(32)12-22)35-8-10-36(11-9-35)29(41)19-46-23-5-2-21(3-6-23)17-45-25-14-37-16-28(39(43)44)34-30(37)47-18-25/h2-7,12,16,24-25H,8-11,13-15,17-19H2,1H3,(H,33,40)/t24-,25?/m0/s1. The van der Waals surface area contributed by atoms with Crippen LogP contribution < -0.4 is 24.6 Å². The number of cyclic esters (lactones) is 1. The quantitative estimate of drug-likeness (QED) is 0.235. The number of nitrogens with zero attached hydrogens (tertiary/aromatic N) is 6. The Hall–Kier alpha value is -5.45. The van der Waals surface area contributed by atoms with E-state index in [4.69, 9.17) is 18.9 Å². The SMILES string of the molecule is CC(=O)NC[C@H]1CN(c2ccc(N3CCN(C(=O)COc4ccc(COC5COc6nc([N+](=O)[O-])cn6C5)cc4)CC3)c(F)c2)C(=O)O1. The fourth-order valence-corrected chi connectivity index (χ4v) is 5.61. The van der Waals surface area contributed by atoms with Crippen LogP contribution in [0.1, 0.15) is 12.5 Å². The number of benzene rings is 2. The van der Waals surface area contributed by atoms with Gasteiger partial charge in [-0.15, -0.1) is 0 Å².